The summed E-state index contributed by atoms with van der Waals surface area (Å²) in [5.74, 6) is 0.656. The van der Waals surface area contributed by atoms with E-state index >= 15 is 0 Å². The third-order valence-electron chi connectivity index (χ3n) is 4.85. The lowest BCUT2D eigenvalue weighted by Gasteiger charge is -2.34. The van der Waals surface area contributed by atoms with Crippen LogP contribution < -0.4 is 4.74 Å². The molecule has 4 nitrogen and oxygen atoms in total. The number of carbonyl (C=O) groups excluding carboxylic acids is 1. The number of carbonyl (C=O) groups is 1. The summed E-state index contributed by atoms with van der Waals surface area (Å²) in [5, 5.41) is 0. The summed E-state index contributed by atoms with van der Waals surface area (Å²) in [6, 6.07) is 14.4. The summed E-state index contributed by atoms with van der Waals surface area (Å²) in [7, 11) is 1.67. The molecule has 0 atom stereocenters. The van der Waals surface area contributed by atoms with Crippen molar-refractivity contribution in [2.24, 2.45) is 0 Å². The molecule has 0 spiro atoms. The van der Waals surface area contributed by atoms with Crippen LogP contribution in [-0.4, -0.2) is 55.5 Å². The van der Waals surface area contributed by atoms with E-state index in [0.29, 0.717) is 0 Å². The highest BCUT2D eigenvalue weighted by molar-refractivity contribution is 5.78. The molecule has 138 valence electrons. The molecule has 0 aliphatic carbocycles. The van der Waals surface area contributed by atoms with E-state index in [4.69, 9.17) is 4.74 Å². The Morgan fingerprint density at radius 1 is 1.04 bits per heavy atom. The SMILES string of the molecule is COc1ccc(CCN2CCN(C(=O)Cc3cccc(F)c3)CC2)cc1. The van der Waals surface area contributed by atoms with Gasteiger partial charge in [-0.05, 0) is 41.8 Å². The molecule has 5 heteroatoms. The molecule has 1 aliphatic rings. The van der Waals surface area contributed by atoms with Crippen LogP contribution >= 0.6 is 0 Å². The van der Waals surface area contributed by atoms with Gasteiger partial charge in [0.05, 0.1) is 13.5 Å². The quantitative estimate of drug-likeness (QED) is 0.798. The molecule has 2 aromatic rings. The summed E-state index contributed by atoms with van der Waals surface area (Å²) in [6.45, 7) is 4.21. The first-order valence-electron chi connectivity index (χ1n) is 9.01. The topological polar surface area (TPSA) is 32.8 Å². The van der Waals surface area contributed by atoms with Gasteiger partial charge in [0.1, 0.15) is 11.6 Å². The van der Waals surface area contributed by atoms with Crippen LogP contribution in [0, 0.1) is 5.82 Å². The van der Waals surface area contributed by atoms with Gasteiger partial charge >= 0.3 is 0 Å². The second-order valence-corrected chi connectivity index (χ2v) is 6.63. The van der Waals surface area contributed by atoms with Crippen molar-refractivity contribution in [1.29, 1.82) is 0 Å². The fourth-order valence-electron chi connectivity index (χ4n) is 3.23. The minimum absolute atomic E-state index is 0.0744. The van der Waals surface area contributed by atoms with Crippen molar-refractivity contribution in [3.05, 3.63) is 65.5 Å². The van der Waals surface area contributed by atoms with E-state index in [-0.39, 0.29) is 18.1 Å². The average Bonchev–Trinajstić information content (AvgIpc) is 2.67. The smallest absolute Gasteiger partial charge is 0.227 e. The molecule has 0 unspecified atom stereocenters. The van der Waals surface area contributed by atoms with Crippen LogP contribution in [-0.2, 0) is 17.6 Å². The minimum Gasteiger partial charge on any atom is -0.497 e. The molecule has 3 rings (SSSR count). The molecular weight excluding hydrogens is 331 g/mol. The molecule has 1 amide bonds. The first-order chi connectivity index (χ1) is 12.6. The van der Waals surface area contributed by atoms with Crippen molar-refractivity contribution in [2.45, 2.75) is 12.8 Å². The summed E-state index contributed by atoms with van der Waals surface area (Å²) in [6.07, 6.45) is 1.25. The molecule has 0 radical (unpaired) electrons. The monoisotopic (exact) mass is 356 g/mol. The Morgan fingerprint density at radius 3 is 2.42 bits per heavy atom. The highest BCUT2D eigenvalue weighted by atomic mass is 19.1. The normalized spacial score (nSPS) is 15.1. The second kappa shape index (κ2) is 8.81. The first-order valence-corrected chi connectivity index (χ1v) is 9.01. The number of methoxy groups -OCH3 is 1. The van der Waals surface area contributed by atoms with Crippen LogP contribution in [0.2, 0.25) is 0 Å². The Kier molecular flexibility index (Phi) is 6.23. The molecule has 2 aromatic carbocycles. The molecule has 0 saturated carbocycles. The zero-order chi connectivity index (χ0) is 18.4. The lowest BCUT2D eigenvalue weighted by Crippen LogP contribution is -2.49. The third-order valence-corrected chi connectivity index (χ3v) is 4.85. The van der Waals surface area contributed by atoms with Crippen LogP contribution in [0.25, 0.3) is 0 Å². The maximum atomic E-state index is 13.2. The predicted molar refractivity (Wildman–Crippen MR) is 99.8 cm³/mol. The van der Waals surface area contributed by atoms with Gasteiger partial charge in [-0.2, -0.15) is 0 Å². The van der Waals surface area contributed by atoms with Gasteiger partial charge < -0.3 is 9.64 Å². The van der Waals surface area contributed by atoms with E-state index in [2.05, 4.69) is 17.0 Å². The van der Waals surface area contributed by atoms with Gasteiger partial charge in [0.2, 0.25) is 5.91 Å². The summed E-state index contributed by atoms with van der Waals surface area (Å²) >= 11 is 0. The lowest BCUT2D eigenvalue weighted by molar-refractivity contribution is -0.132. The Balaban J connectivity index is 1.42. The maximum absolute atomic E-state index is 13.2. The summed E-state index contributed by atoms with van der Waals surface area (Å²) in [5.41, 5.74) is 2.02. The van der Waals surface area contributed by atoms with Crippen molar-refractivity contribution < 1.29 is 13.9 Å². The Bertz CT molecular complexity index is 725. The largest absolute Gasteiger partial charge is 0.497 e. The van der Waals surface area contributed by atoms with Gasteiger partial charge in [-0.25, -0.2) is 4.39 Å². The molecule has 1 fully saturated rings. The first kappa shape index (κ1) is 18.4. The fourth-order valence-corrected chi connectivity index (χ4v) is 3.23. The number of hydrogen-bond donors (Lipinski definition) is 0. The number of rotatable bonds is 6. The minimum atomic E-state index is -0.293. The number of hydrogen-bond acceptors (Lipinski definition) is 3. The zero-order valence-electron chi connectivity index (χ0n) is 15.2. The Labute approximate surface area is 154 Å². The van der Waals surface area contributed by atoms with Crippen LogP contribution in [0.5, 0.6) is 5.75 Å². The van der Waals surface area contributed by atoms with Gasteiger partial charge in [-0.15, -0.1) is 0 Å². The fraction of sp³-hybridized carbons (Fsp3) is 0.381. The highest BCUT2D eigenvalue weighted by Gasteiger charge is 2.21. The predicted octanol–water partition coefficient (Wildman–Crippen LogP) is 2.76. The number of ether oxygens (including phenoxy) is 1. The molecule has 1 aliphatic heterocycles. The van der Waals surface area contributed by atoms with E-state index in [9.17, 15) is 9.18 Å². The molecule has 0 bridgehead atoms. The number of nitrogens with zero attached hydrogens (tertiary/aromatic N) is 2. The molecule has 0 N–H and O–H groups in total. The van der Waals surface area contributed by atoms with Gasteiger partial charge in [0.25, 0.3) is 0 Å². The van der Waals surface area contributed by atoms with E-state index in [1.54, 1.807) is 19.2 Å². The highest BCUT2D eigenvalue weighted by Crippen LogP contribution is 2.13. The van der Waals surface area contributed by atoms with E-state index < -0.39 is 0 Å². The number of halogens is 1. The van der Waals surface area contributed by atoms with Crippen LogP contribution in [0.1, 0.15) is 11.1 Å². The van der Waals surface area contributed by atoms with Gasteiger partial charge in [0, 0.05) is 32.7 Å². The molecular formula is C21H25FN2O2. The van der Waals surface area contributed by atoms with Gasteiger partial charge in [-0.1, -0.05) is 24.3 Å². The van der Waals surface area contributed by atoms with E-state index in [1.165, 1.54) is 17.7 Å². The molecule has 26 heavy (non-hydrogen) atoms. The van der Waals surface area contributed by atoms with Crippen molar-refractivity contribution in [3.63, 3.8) is 0 Å². The number of piperazine rings is 1. The van der Waals surface area contributed by atoms with E-state index in [0.717, 1.165) is 50.5 Å². The van der Waals surface area contributed by atoms with Gasteiger partial charge in [-0.3, -0.25) is 9.69 Å². The van der Waals surface area contributed by atoms with Crippen molar-refractivity contribution in [3.8, 4) is 5.75 Å². The second-order valence-electron chi connectivity index (χ2n) is 6.63. The third kappa shape index (κ3) is 5.05. The van der Waals surface area contributed by atoms with Gasteiger partial charge in [0.15, 0.2) is 0 Å². The van der Waals surface area contributed by atoms with E-state index in [1.807, 2.05) is 17.0 Å². The Morgan fingerprint density at radius 2 is 1.77 bits per heavy atom. The maximum Gasteiger partial charge on any atom is 0.227 e. The van der Waals surface area contributed by atoms with Crippen LogP contribution in [0.15, 0.2) is 48.5 Å². The van der Waals surface area contributed by atoms with Crippen molar-refractivity contribution in [1.82, 2.24) is 9.80 Å². The summed E-state index contributed by atoms with van der Waals surface area (Å²) < 4.78 is 18.4. The van der Waals surface area contributed by atoms with Crippen LogP contribution in [0.4, 0.5) is 4.39 Å². The number of benzene rings is 2. The molecule has 1 saturated heterocycles. The average molecular weight is 356 g/mol. The standard InChI is InChI=1S/C21H25FN2O2/c1-26-20-7-5-17(6-8-20)9-10-23-11-13-24(14-12-23)21(25)16-18-3-2-4-19(22)15-18/h2-8,15H,9-14,16H2,1H3. The zero-order valence-corrected chi connectivity index (χ0v) is 15.2. The van der Waals surface area contributed by atoms with Crippen molar-refractivity contribution in [2.75, 3.05) is 39.8 Å². The summed E-state index contributed by atoms with van der Waals surface area (Å²) in [4.78, 5) is 16.7. The molecule has 0 aromatic heterocycles. The molecule has 1 heterocycles. The van der Waals surface area contributed by atoms with Crippen LogP contribution in [0.3, 0.4) is 0 Å². The van der Waals surface area contributed by atoms with Crippen molar-refractivity contribution >= 4 is 5.91 Å². The Hall–Kier alpha value is -2.40. The lowest BCUT2D eigenvalue weighted by atomic mass is 10.1. The number of amides is 1.